The van der Waals surface area contributed by atoms with E-state index in [0.717, 1.165) is 11.3 Å². The van der Waals surface area contributed by atoms with Gasteiger partial charge in [0.05, 0.1) is 19.5 Å². The van der Waals surface area contributed by atoms with Crippen LogP contribution in [0.1, 0.15) is 35.8 Å². The Labute approximate surface area is 159 Å². The van der Waals surface area contributed by atoms with Gasteiger partial charge in [0.25, 0.3) is 5.91 Å². The maximum Gasteiger partial charge on any atom is 0.258 e. The smallest absolute Gasteiger partial charge is 0.258 e. The highest BCUT2D eigenvalue weighted by molar-refractivity contribution is 6.07. The number of anilines is 1. The molecule has 0 saturated carbocycles. The fraction of sp³-hybridized carbons (Fsp3) is 0.273. The number of hydrogen-bond donors (Lipinski definition) is 0. The molecule has 1 aliphatic rings. The van der Waals surface area contributed by atoms with Gasteiger partial charge in [0.1, 0.15) is 5.75 Å². The van der Waals surface area contributed by atoms with Gasteiger partial charge in [-0.05, 0) is 29.8 Å². The van der Waals surface area contributed by atoms with Crippen LogP contribution in [0.3, 0.4) is 0 Å². The topological polar surface area (TPSA) is 47.4 Å². The largest absolute Gasteiger partial charge is 0.497 e. The number of nitrogens with zero attached hydrogens (tertiary/aromatic N) is 3. The van der Waals surface area contributed by atoms with Crippen molar-refractivity contribution >= 4 is 11.6 Å². The number of imidazole rings is 1. The van der Waals surface area contributed by atoms with Crippen LogP contribution in [-0.4, -0.2) is 29.1 Å². The molecular weight excluding hydrogens is 338 g/mol. The molecule has 1 aromatic heterocycles. The summed E-state index contributed by atoms with van der Waals surface area (Å²) in [6.45, 7) is 5.00. The molecule has 5 nitrogen and oxygen atoms in total. The van der Waals surface area contributed by atoms with Crippen molar-refractivity contribution in [1.29, 1.82) is 0 Å². The number of fused-ring (bicyclic) bond motifs is 1. The molecule has 1 aliphatic heterocycles. The number of aromatic nitrogens is 2. The monoisotopic (exact) mass is 361 g/mol. The first kappa shape index (κ1) is 17.3. The van der Waals surface area contributed by atoms with Gasteiger partial charge in [-0.1, -0.05) is 38.1 Å². The molecule has 4 rings (SSSR count). The van der Waals surface area contributed by atoms with Gasteiger partial charge in [-0.15, -0.1) is 0 Å². The quantitative estimate of drug-likeness (QED) is 0.703. The molecule has 2 aromatic carbocycles. The van der Waals surface area contributed by atoms with Crippen LogP contribution in [0, 0.1) is 5.41 Å². The first-order chi connectivity index (χ1) is 13.0. The Balaban J connectivity index is 1.80. The second kappa shape index (κ2) is 6.58. The number of para-hydroxylation sites is 1. The van der Waals surface area contributed by atoms with Crippen molar-refractivity contribution in [1.82, 2.24) is 9.55 Å². The van der Waals surface area contributed by atoms with E-state index in [2.05, 4.69) is 29.5 Å². The minimum Gasteiger partial charge on any atom is -0.497 e. The van der Waals surface area contributed by atoms with E-state index in [0.29, 0.717) is 17.9 Å². The van der Waals surface area contributed by atoms with Crippen LogP contribution >= 0.6 is 0 Å². The van der Waals surface area contributed by atoms with Crippen molar-refractivity contribution in [2.75, 3.05) is 18.6 Å². The van der Waals surface area contributed by atoms with Crippen molar-refractivity contribution in [3.8, 4) is 5.75 Å². The predicted octanol–water partition coefficient (Wildman–Crippen LogP) is 4.17. The van der Waals surface area contributed by atoms with Crippen LogP contribution in [-0.2, 0) is 0 Å². The van der Waals surface area contributed by atoms with Gasteiger partial charge in [-0.25, -0.2) is 4.98 Å². The minimum absolute atomic E-state index is 0.0153. The lowest BCUT2D eigenvalue weighted by Gasteiger charge is -2.45. The van der Waals surface area contributed by atoms with Crippen molar-refractivity contribution in [3.63, 3.8) is 0 Å². The summed E-state index contributed by atoms with van der Waals surface area (Å²) in [4.78, 5) is 19.5. The molecule has 1 atom stereocenters. The van der Waals surface area contributed by atoms with Crippen molar-refractivity contribution in [2.45, 2.75) is 19.9 Å². The van der Waals surface area contributed by atoms with E-state index in [4.69, 9.17) is 4.74 Å². The van der Waals surface area contributed by atoms with Gasteiger partial charge in [0.15, 0.2) is 0 Å². The van der Waals surface area contributed by atoms with Crippen LogP contribution in [0.4, 0.5) is 5.69 Å². The molecule has 0 fully saturated rings. The average molecular weight is 361 g/mol. The third-order valence-electron chi connectivity index (χ3n) is 5.21. The summed E-state index contributed by atoms with van der Waals surface area (Å²) in [6, 6.07) is 15.6. The molecule has 1 amide bonds. The molecule has 0 spiro atoms. The number of methoxy groups -OCH3 is 1. The lowest BCUT2D eigenvalue weighted by molar-refractivity contribution is 0.0961. The van der Waals surface area contributed by atoms with E-state index in [1.54, 1.807) is 19.4 Å². The highest BCUT2D eigenvalue weighted by Crippen LogP contribution is 2.46. The molecule has 138 valence electrons. The standard InChI is InChI=1S/C22H23N3O2/c1-22(2)14-25(21(26)16-7-6-8-17(13-16)27-3)19-10-5-4-9-18(19)20(22)24-12-11-23-15-24/h4-13,15,20H,14H2,1-3H3. The van der Waals surface area contributed by atoms with Gasteiger partial charge >= 0.3 is 0 Å². The molecule has 0 saturated heterocycles. The first-order valence-electron chi connectivity index (χ1n) is 9.03. The number of carbonyl (C=O) groups excluding carboxylic acids is 1. The Hall–Kier alpha value is -3.08. The zero-order valence-electron chi connectivity index (χ0n) is 15.8. The number of rotatable bonds is 3. The van der Waals surface area contributed by atoms with Gasteiger partial charge in [-0.2, -0.15) is 0 Å². The molecule has 0 N–H and O–H groups in total. The Morgan fingerprint density at radius 2 is 2.00 bits per heavy atom. The highest BCUT2D eigenvalue weighted by atomic mass is 16.5. The number of amides is 1. The van der Waals surface area contributed by atoms with Crippen LogP contribution < -0.4 is 9.64 Å². The van der Waals surface area contributed by atoms with Gasteiger partial charge < -0.3 is 14.2 Å². The molecule has 2 heterocycles. The van der Waals surface area contributed by atoms with E-state index < -0.39 is 0 Å². The van der Waals surface area contributed by atoms with E-state index in [1.165, 1.54) is 0 Å². The summed E-state index contributed by atoms with van der Waals surface area (Å²) in [5.74, 6) is 0.667. The molecule has 3 aromatic rings. The van der Waals surface area contributed by atoms with Crippen LogP contribution in [0.15, 0.2) is 67.3 Å². The van der Waals surface area contributed by atoms with Crippen molar-refractivity contribution < 1.29 is 9.53 Å². The summed E-state index contributed by atoms with van der Waals surface area (Å²) >= 11 is 0. The lowest BCUT2D eigenvalue weighted by atomic mass is 9.76. The number of ether oxygens (including phenoxy) is 1. The van der Waals surface area contributed by atoms with E-state index in [9.17, 15) is 4.79 Å². The maximum atomic E-state index is 13.4. The van der Waals surface area contributed by atoms with E-state index >= 15 is 0 Å². The zero-order chi connectivity index (χ0) is 19.0. The summed E-state index contributed by atoms with van der Waals surface area (Å²) in [6.07, 6.45) is 5.64. The van der Waals surface area contributed by atoms with Crippen molar-refractivity contribution in [3.05, 3.63) is 78.4 Å². The van der Waals surface area contributed by atoms with Gasteiger partial charge in [0, 0.05) is 35.6 Å². The van der Waals surface area contributed by atoms with E-state index in [1.807, 2.05) is 53.8 Å². The Morgan fingerprint density at radius 3 is 2.74 bits per heavy atom. The Bertz CT molecular complexity index is 963. The second-order valence-corrected chi connectivity index (χ2v) is 7.58. The summed E-state index contributed by atoms with van der Waals surface area (Å²) in [5.41, 5.74) is 2.54. The third kappa shape index (κ3) is 2.99. The number of carbonyl (C=O) groups is 1. The van der Waals surface area contributed by atoms with E-state index in [-0.39, 0.29) is 17.4 Å². The summed E-state index contributed by atoms with van der Waals surface area (Å²) < 4.78 is 7.42. The average Bonchev–Trinajstić information content (AvgIpc) is 3.20. The molecule has 1 unspecified atom stereocenters. The molecule has 0 bridgehead atoms. The molecule has 5 heteroatoms. The fourth-order valence-corrected chi connectivity index (χ4v) is 4.04. The third-order valence-corrected chi connectivity index (χ3v) is 5.21. The summed E-state index contributed by atoms with van der Waals surface area (Å²) in [7, 11) is 1.61. The highest BCUT2D eigenvalue weighted by Gasteiger charge is 2.42. The molecular formula is C22H23N3O2. The fourth-order valence-electron chi connectivity index (χ4n) is 4.04. The lowest BCUT2D eigenvalue weighted by Crippen LogP contribution is -2.47. The second-order valence-electron chi connectivity index (χ2n) is 7.58. The van der Waals surface area contributed by atoms with Gasteiger partial charge in [-0.3, -0.25) is 4.79 Å². The minimum atomic E-state index is -0.163. The molecule has 27 heavy (non-hydrogen) atoms. The predicted molar refractivity (Wildman–Crippen MR) is 105 cm³/mol. The molecule has 0 radical (unpaired) electrons. The zero-order valence-corrected chi connectivity index (χ0v) is 15.8. The Morgan fingerprint density at radius 1 is 1.19 bits per heavy atom. The van der Waals surface area contributed by atoms with Gasteiger partial charge in [0.2, 0.25) is 0 Å². The number of benzene rings is 2. The maximum absolute atomic E-state index is 13.4. The first-order valence-corrected chi connectivity index (χ1v) is 9.03. The number of hydrogen-bond acceptors (Lipinski definition) is 3. The van der Waals surface area contributed by atoms with Crippen molar-refractivity contribution in [2.24, 2.45) is 5.41 Å². The summed E-state index contributed by atoms with van der Waals surface area (Å²) in [5, 5.41) is 0. The van der Waals surface area contributed by atoms with Crippen LogP contribution in [0.2, 0.25) is 0 Å². The van der Waals surface area contributed by atoms with Crippen LogP contribution in [0.25, 0.3) is 0 Å². The SMILES string of the molecule is COc1cccc(C(=O)N2CC(C)(C)C(n3ccnc3)c3ccccc32)c1. The normalized spacial score (nSPS) is 18.0. The Kier molecular flexibility index (Phi) is 4.22. The molecule has 0 aliphatic carbocycles. The van der Waals surface area contributed by atoms with Crippen LogP contribution in [0.5, 0.6) is 5.75 Å².